The van der Waals surface area contributed by atoms with Gasteiger partial charge in [-0.1, -0.05) is 35.9 Å². The lowest BCUT2D eigenvalue weighted by atomic mass is 9.95. The fourth-order valence-electron chi connectivity index (χ4n) is 4.18. The van der Waals surface area contributed by atoms with Crippen LogP contribution in [0.25, 0.3) is 11.3 Å². The Labute approximate surface area is 208 Å². The molecule has 3 aromatic rings. The number of ether oxygens (including phenoxy) is 1. The first kappa shape index (κ1) is 24.2. The van der Waals surface area contributed by atoms with Gasteiger partial charge in [0, 0.05) is 41.5 Å². The third kappa shape index (κ3) is 5.77. The molecule has 1 aliphatic rings. The molecule has 2 aromatic carbocycles. The first-order chi connectivity index (χ1) is 16.4. The zero-order chi connectivity index (χ0) is 24.1. The van der Waals surface area contributed by atoms with Crippen LogP contribution >= 0.6 is 22.9 Å². The van der Waals surface area contributed by atoms with Gasteiger partial charge in [0.2, 0.25) is 5.91 Å². The number of carbonyl (C=O) groups is 2. The zero-order valence-corrected chi connectivity index (χ0v) is 20.9. The Morgan fingerprint density at radius 3 is 2.56 bits per heavy atom. The summed E-state index contributed by atoms with van der Waals surface area (Å²) in [7, 11) is 1.53. The third-order valence-corrected chi connectivity index (χ3v) is 7.14. The summed E-state index contributed by atoms with van der Waals surface area (Å²) in [5.74, 6) is 0.362. The van der Waals surface area contributed by atoms with Gasteiger partial charge in [0.05, 0.1) is 23.4 Å². The molecule has 0 atom stereocenters. The van der Waals surface area contributed by atoms with E-state index in [-0.39, 0.29) is 17.7 Å². The van der Waals surface area contributed by atoms with Crippen LogP contribution in [-0.2, 0) is 11.2 Å². The van der Waals surface area contributed by atoms with E-state index in [2.05, 4.69) is 39.9 Å². The van der Waals surface area contributed by atoms with Gasteiger partial charge in [-0.05, 0) is 49.9 Å². The lowest BCUT2D eigenvalue weighted by Gasteiger charge is -2.31. The van der Waals surface area contributed by atoms with Crippen molar-refractivity contribution in [1.29, 1.82) is 0 Å². The molecule has 0 saturated carbocycles. The van der Waals surface area contributed by atoms with Gasteiger partial charge < -0.3 is 15.0 Å². The predicted octanol–water partition coefficient (Wildman–Crippen LogP) is 4.99. The van der Waals surface area contributed by atoms with Crippen LogP contribution in [0.2, 0.25) is 5.02 Å². The van der Waals surface area contributed by atoms with Gasteiger partial charge in [-0.15, -0.1) is 11.3 Å². The van der Waals surface area contributed by atoms with E-state index in [0.717, 1.165) is 22.7 Å². The number of methoxy groups -OCH3 is 1. The monoisotopic (exact) mass is 497 g/mol. The summed E-state index contributed by atoms with van der Waals surface area (Å²) in [5.41, 5.74) is 3.73. The second kappa shape index (κ2) is 11.0. The number of amides is 2. The van der Waals surface area contributed by atoms with E-state index in [0.29, 0.717) is 48.8 Å². The Bertz CT molecular complexity index is 1150. The SMILES string of the molecule is COc1ccc(Cl)cc1C(=O)N1CCC(C(=O)NCCc2ccc(-c3csc(C)n3)cc2)CC1. The van der Waals surface area contributed by atoms with E-state index >= 15 is 0 Å². The fourth-order valence-corrected chi connectivity index (χ4v) is 4.97. The Balaban J connectivity index is 1.23. The molecule has 6 nitrogen and oxygen atoms in total. The fraction of sp³-hybridized carbons (Fsp3) is 0.346. The number of carbonyl (C=O) groups excluding carboxylic acids is 2. The van der Waals surface area contributed by atoms with Crippen molar-refractivity contribution in [1.82, 2.24) is 15.2 Å². The Morgan fingerprint density at radius 1 is 1.18 bits per heavy atom. The lowest BCUT2D eigenvalue weighted by Crippen LogP contribution is -2.43. The molecule has 1 N–H and O–H groups in total. The molecule has 0 spiro atoms. The highest BCUT2D eigenvalue weighted by atomic mass is 35.5. The van der Waals surface area contributed by atoms with Crippen LogP contribution in [0.15, 0.2) is 47.8 Å². The number of likely N-dealkylation sites (tertiary alicyclic amines) is 1. The van der Waals surface area contributed by atoms with Gasteiger partial charge in [0.15, 0.2) is 0 Å². The molecule has 34 heavy (non-hydrogen) atoms. The minimum Gasteiger partial charge on any atom is -0.496 e. The largest absolute Gasteiger partial charge is 0.496 e. The number of halogens is 1. The smallest absolute Gasteiger partial charge is 0.257 e. The van der Waals surface area contributed by atoms with Crippen LogP contribution in [0, 0.1) is 12.8 Å². The van der Waals surface area contributed by atoms with Crippen LogP contribution in [0.5, 0.6) is 5.75 Å². The van der Waals surface area contributed by atoms with E-state index in [1.807, 2.05) is 6.92 Å². The molecule has 0 radical (unpaired) electrons. The van der Waals surface area contributed by atoms with Gasteiger partial charge in [-0.25, -0.2) is 4.98 Å². The normalized spacial score (nSPS) is 14.1. The lowest BCUT2D eigenvalue weighted by molar-refractivity contribution is -0.126. The Morgan fingerprint density at radius 2 is 1.91 bits per heavy atom. The maximum atomic E-state index is 12.9. The molecule has 2 amide bonds. The summed E-state index contributed by atoms with van der Waals surface area (Å²) >= 11 is 7.71. The number of hydrogen-bond donors (Lipinski definition) is 1. The second-order valence-electron chi connectivity index (χ2n) is 8.40. The van der Waals surface area contributed by atoms with E-state index in [4.69, 9.17) is 16.3 Å². The highest BCUT2D eigenvalue weighted by Crippen LogP contribution is 2.27. The summed E-state index contributed by atoms with van der Waals surface area (Å²) in [6.45, 7) is 3.66. The van der Waals surface area contributed by atoms with Crippen molar-refractivity contribution in [2.45, 2.75) is 26.2 Å². The number of piperidine rings is 1. The number of thiazole rings is 1. The predicted molar refractivity (Wildman–Crippen MR) is 136 cm³/mol. The minimum absolute atomic E-state index is 0.0574. The van der Waals surface area contributed by atoms with Crippen molar-refractivity contribution in [3.63, 3.8) is 0 Å². The van der Waals surface area contributed by atoms with Gasteiger partial charge in [0.25, 0.3) is 5.91 Å². The molecule has 4 rings (SSSR count). The molecule has 178 valence electrons. The maximum Gasteiger partial charge on any atom is 0.257 e. The van der Waals surface area contributed by atoms with Crippen LogP contribution < -0.4 is 10.1 Å². The summed E-state index contributed by atoms with van der Waals surface area (Å²) in [5, 5.41) is 6.67. The van der Waals surface area contributed by atoms with Gasteiger partial charge in [-0.3, -0.25) is 9.59 Å². The van der Waals surface area contributed by atoms with Crippen molar-refractivity contribution in [2.24, 2.45) is 5.92 Å². The molecule has 1 aliphatic heterocycles. The zero-order valence-electron chi connectivity index (χ0n) is 19.3. The number of hydrogen-bond acceptors (Lipinski definition) is 5. The number of nitrogens with zero attached hydrogens (tertiary/aromatic N) is 2. The molecular formula is C26H28ClN3O3S. The Hall–Kier alpha value is -2.90. The van der Waals surface area contributed by atoms with Gasteiger partial charge in [0.1, 0.15) is 5.75 Å². The van der Waals surface area contributed by atoms with Crippen LogP contribution in [0.4, 0.5) is 0 Å². The molecule has 2 heterocycles. The number of aryl methyl sites for hydroxylation is 1. The van der Waals surface area contributed by atoms with Crippen LogP contribution in [0.3, 0.4) is 0 Å². The van der Waals surface area contributed by atoms with E-state index < -0.39 is 0 Å². The van der Waals surface area contributed by atoms with Crippen molar-refractivity contribution in [2.75, 3.05) is 26.7 Å². The Kier molecular flexibility index (Phi) is 7.85. The minimum atomic E-state index is -0.116. The number of rotatable bonds is 7. The summed E-state index contributed by atoms with van der Waals surface area (Å²) in [6, 6.07) is 13.4. The molecule has 8 heteroatoms. The third-order valence-electron chi connectivity index (χ3n) is 6.13. The number of nitrogens with one attached hydrogen (secondary N) is 1. The highest BCUT2D eigenvalue weighted by Gasteiger charge is 2.29. The molecule has 0 bridgehead atoms. The number of aromatic nitrogens is 1. The van der Waals surface area contributed by atoms with E-state index in [1.165, 1.54) is 12.7 Å². The number of benzene rings is 2. The average molecular weight is 498 g/mol. The first-order valence-electron chi connectivity index (χ1n) is 11.4. The first-order valence-corrected chi connectivity index (χ1v) is 12.6. The van der Waals surface area contributed by atoms with Crippen molar-refractivity contribution in [3.05, 3.63) is 69.0 Å². The van der Waals surface area contributed by atoms with E-state index in [1.54, 1.807) is 34.4 Å². The molecule has 1 fully saturated rings. The molecule has 0 unspecified atom stereocenters. The maximum absolute atomic E-state index is 12.9. The van der Waals surface area contributed by atoms with Crippen molar-refractivity contribution >= 4 is 34.8 Å². The summed E-state index contributed by atoms with van der Waals surface area (Å²) < 4.78 is 5.31. The van der Waals surface area contributed by atoms with Crippen LogP contribution in [-0.4, -0.2) is 48.4 Å². The summed E-state index contributed by atoms with van der Waals surface area (Å²) in [6.07, 6.45) is 2.05. The van der Waals surface area contributed by atoms with Gasteiger partial charge in [-0.2, -0.15) is 0 Å². The average Bonchev–Trinajstić information content (AvgIpc) is 3.30. The quantitative estimate of drug-likeness (QED) is 0.499. The standard InChI is InChI=1S/C26H28ClN3O3S/c1-17-29-23(16-34-17)19-5-3-18(4-6-19)9-12-28-25(31)20-10-13-30(14-11-20)26(32)22-15-21(27)7-8-24(22)33-2/h3-8,15-16,20H,9-14H2,1-2H3,(H,28,31). The van der Waals surface area contributed by atoms with E-state index in [9.17, 15) is 9.59 Å². The van der Waals surface area contributed by atoms with Gasteiger partial charge >= 0.3 is 0 Å². The molecular weight excluding hydrogens is 470 g/mol. The van der Waals surface area contributed by atoms with Crippen LogP contribution in [0.1, 0.15) is 33.8 Å². The molecule has 1 aromatic heterocycles. The summed E-state index contributed by atoms with van der Waals surface area (Å²) in [4.78, 5) is 31.9. The molecule has 0 aliphatic carbocycles. The van der Waals surface area contributed by atoms with Crippen molar-refractivity contribution in [3.8, 4) is 17.0 Å². The topological polar surface area (TPSA) is 71.5 Å². The second-order valence-corrected chi connectivity index (χ2v) is 9.90. The van der Waals surface area contributed by atoms with Crippen molar-refractivity contribution < 1.29 is 14.3 Å². The molecule has 1 saturated heterocycles. The highest BCUT2D eigenvalue weighted by molar-refractivity contribution is 7.09.